The van der Waals surface area contributed by atoms with E-state index in [-0.39, 0.29) is 12.2 Å². The van der Waals surface area contributed by atoms with Crippen LogP contribution in [0, 0.1) is 0 Å². The molecule has 0 saturated carbocycles. The summed E-state index contributed by atoms with van der Waals surface area (Å²) in [6.45, 7) is 3.13. The van der Waals surface area contributed by atoms with Gasteiger partial charge in [0.25, 0.3) is 0 Å². The molecule has 104 valence electrons. The first-order valence-electron chi connectivity index (χ1n) is 6.59. The van der Waals surface area contributed by atoms with Crippen LogP contribution in [0.5, 0.6) is 0 Å². The zero-order chi connectivity index (χ0) is 13.9. The minimum Gasteiger partial charge on any atom is -0.250 e. The summed E-state index contributed by atoms with van der Waals surface area (Å²) in [5.41, 5.74) is 0.427. The van der Waals surface area contributed by atoms with Gasteiger partial charge in [0.2, 0.25) is 0 Å². The predicted molar refractivity (Wildman–Crippen MR) is 71.3 cm³/mol. The number of pyridine rings is 1. The molecule has 8 nitrogen and oxygen atoms in total. The van der Waals surface area contributed by atoms with E-state index in [9.17, 15) is 4.79 Å². The number of fused-ring (bicyclic) bond motifs is 1. The fourth-order valence-corrected chi connectivity index (χ4v) is 2.02. The van der Waals surface area contributed by atoms with Crippen molar-refractivity contribution < 1.29 is 0 Å². The summed E-state index contributed by atoms with van der Waals surface area (Å²) in [7, 11) is 0. The lowest BCUT2D eigenvalue weighted by Crippen LogP contribution is -2.23. The summed E-state index contributed by atoms with van der Waals surface area (Å²) < 4.78 is 4.60. The van der Waals surface area contributed by atoms with Gasteiger partial charge in [-0.05, 0) is 29.0 Å². The molecule has 0 bridgehead atoms. The topological polar surface area (TPSA) is 82.9 Å². The van der Waals surface area contributed by atoms with Gasteiger partial charge in [-0.3, -0.25) is 4.40 Å². The van der Waals surface area contributed by atoms with Crippen LogP contribution in [0.1, 0.15) is 25.6 Å². The molecule has 0 atom stereocenters. The Morgan fingerprint density at radius 3 is 2.95 bits per heavy atom. The number of aryl methyl sites for hydroxylation is 1. The smallest absolute Gasteiger partial charge is 0.250 e. The Kier molecular flexibility index (Phi) is 3.28. The summed E-state index contributed by atoms with van der Waals surface area (Å²) in [6.07, 6.45) is 3.76. The molecular weight excluding hydrogens is 258 g/mol. The fraction of sp³-hybridized carbons (Fsp3) is 0.417. The number of tetrazole rings is 1. The van der Waals surface area contributed by atoms with Gasteiger partial charge in [-0.15, -0.1) is 10.2 Å². The van der Waals surface area contributed by atoms with Gasteiger partial charge in [0.1, 0.15) is 6.54 Å². The molecule has 0 fully saturated rings. The van der Waals surface area contributed by atoms with Crippen molar-refractivity contribution in [3.8, 4) is 0 Å². The van der Waals surface area contributed by atoms with E-state index in [4.69, 9.17) is 0 Å². The minimum absolute atomic E-state index is 0.189. The predicted octanol–water partition coefficient (Wildman–Crippen LogP) is 0.331. The van der Waals surface area contributed by atoms with E-state index in [1.807, 2.05) is 6.07 Å². The molecule has 0 aromatic carbocycles. The zero-order valence-electron chi connectivity index (χ0n) is 11.2. The highest BCUT2D eigenvalue weighted by atomic mass is 16.2. The molecule has 0 amide bonds. The average Bonchev–Trinajstić information content (AvgIpc) is 3.03. The number of hydrogen-bond acceptors (Lipinski definition) is 5. The van der Waals surface area contributed by atoms with Crippen LogP contribution in [0.3, 0.4) is 0 Å². The maximum Gasteiger partial charge on any atom is 0.350 e. The number of hydrogen-bond donors (Lipinski definition) is 0. The summed E-state index contributed by atoms with van der Waals surface area (Å²) >= 11 is 0. The first kappa shape index (κ1) is 12.5. The van der Waals surface area contributed by atoms with Crippen molar-refractivity contribution >= 4 is 5.65 Å². The monoisotopic (exact) mass is 273 g/mol. The highest BCUT2D eigenvalue weighted by Gasteiger charge is 2.11. The highest BCUT2D eigenvalue weighted by molar-refractivity contribution is 5.35. The molecule has 0 aliphatic rings. The summed E-state index contributed by atoms with van der Waals surface area (Å²) in [5, 5.41) is 15.8. The van der Waals surface area contributed by atoms with Crippen LogP contribution in [-0.2, 0) is 13.1 Å². The SMILES string of the molecule is CCCCn1nnnc1Cn1nc2ccccn2c1=O. The lowest BCUT2D eigenvalue weighted by Gasteiger charge is -2.02. The zero-order valence-corrected chi connectivity index (χ0v) is 11.2. The van der Waals surface area contributed by atoms with E-state index in [1.54, 1.807) is 23.0 Å². The first-order chi connectivity index (χ1) is 9.79. The third-order valence-electron chi connectivity index (χ3n) is 3.11. The lowest BCUT2D eigenvalue weighted by atomic mass is 10.3. The third-order valence-corrected chi connectivity index (χ3v) is 3.11. The first-order valence-corrected chi connectivity index (χ1v) is 6.59. The number of rotatable bonds is 5. The summed E-state index contributed by atoms with van der Waals surface area (Å²) in [6, 6.07) is 5.43. The van der Waals surface area contributed by atoms with Gasteiger partial charge in [-0.1, -0.05) is 19.4 Å². The molecule has 0 radical (unpaired) electrons. The van der Waals surface area contributed by atoms with E-state index < -0.39 is 0 Å². The van der Waals surface area contributed by atoms with Crippen LogP contribution < -0.4 is 5.69 Å². The molecule has 0 saturated heterocycles. The second-order valence-corrected chi connectivity index (χ2v) is 4.54. The molecule has 0 N–H and O–H groups in total. The van der Waals surface area contributed by atoms with Crippen LogP contribution in [-0.4, -0.2) is 34.4 Å². The molecule has 3 heterocycles. The van der Waals surface area contributed by atoms with Crippen LogP contribution in [0.2, 0.25) is 0 Å². The molecule has 8 heteroatoms. The molecule has 0 aliphatic carbocycles. The van der Waals surface area contributed by atoms with Gasteiger partial charge in [-0.25, -0.2) is 14.2 Å². The van der Waals surface area contributed by atoms with E-state index in [0.717, 1.165) is 19.4 Å². The fourth-order valence-electron chi connectivity index (χ4n) is 2.02. The van der Waals surface area contributed by atoms with Crippen molar-refractivity contribution in [3.05, 3.63) is 40.7 Å². The van der Waals surface area contributed by atoms with E-state index in [0.29, 0.717) is 11.5 Å². The van der Waals surface area contributed by atoms with Crippen LogP contribution in [0.4, 0.5) is 0 Å². The molecule has 3 rings (SSSR count). The molecule has 3 aromatic rings. The summed E-state index contributed by atoms with van der Waals surface area (Å²) in [5.74, 6) is 0.643. The van der Waals surface area contributed by atoms with Crippen LogP contribution in [0.25, 0.3) is 5.65 Å². The molecular formula is C12H15N7O. The third kappa shape index (κ3) is 2.20. The standard InChI is InChI=1S/C12H15N7O/c1-2-3-8-18-11(13-15-16-18)9-19-12(20)17-7-5-4-6-10(17)14-19/h4-7H,2-3,8-9H2,1H3. The lowest BCUT2D eigenvalue weighted by molar-refractivity contribution is 0.511. The van der Waals surface area contributed by atoms with Crippen molar-refractivity contribution in [2.75, 3.05) is 0 Å². The van der Waals surface area contributed by atoms with Crippen LogP contribution in [0.15, 0.2) is 29.2 Å². The van der Waals surface area contributed by atoms with E-state index in [2.05, 4.69) is 27.5 Å². The Balaban J connectivity index is 1.92. The Hall–Kier alpha value is -2.51. The highest BCUT2D eigenvalue weighted by Crippen LogP contribution is 2.00. The van der Waals surface area contributed by atoms with Crippen molar-refractivity contribution in [1.29, 1.82) is 0 Å². The number of unbranched alkanes of at least 4 members (excludes halogenated alkanes) is 1. The van der Waals surface area contributed by atoms with Crippen molar-refractivity contribution in [1.82, 2.24) is 34.4 Å². The van der Waals surface area contributed by atoms with E-state index >= 15 is 0 Å². The molecule has 0 unspecified atom stereocenters. The maximum atomic E-state index is 12.2. The quantitative estimate of drug-likeness (QED) is 0.669. The summed E-state index contributed by atoms with van der Waals surface area (Å²) in [4.78, 5) is 12.2. The number of nitrogens with zero attached hydrogens (tertiary/aromatic N) is 7. The molecule has 20 heavy (non-hydrogen) atoms. The van der Waals surface area contributed by atoms with Gasteiger partial charge in [0.05, 0.1) is 0 Å². The van der Waals surface area contributed by atoms with Gasteiger partial charge in [-0.2, -0.15) is 0 Å². The Bertz CT molecular complexity index is 769. The van der Waals surface area contributed by atoms with Crippen molar-refractivity contribution in [2.24, 2.45) is 0 Å². The van der Waals surface area contributed by atoms with Crippen molar-refractivity contribution in [3.63, 3.8) is 0 Å². The largest absolute Gasteiger partial charge is 0.350 e. The molecule has 0 aliphatic heterocycles. The van der Waals surface area contributed by atoms with Gasteiger partial charge >= 0.3 is 5.69 Å². The maximum absolute atomic E-state index is 12.2. The Labute approximate surface area is 114 Å². The van der Waals surface area contributed by atoms with E-state index in [1.165, 1.54) is 9.08 Å². The number of aromatic nitrogens is 7. The van der Waals surface area contributed by atoms with Gasteiger partial charge in [0, 0.05) is 12.7 Å². The second kappa shape index (κ2) is 5.24. The molecule has 3 aromatic heterocycles. The van der Waals surface area contributed by atoms with Crippen LogP contribution >= 0.6 is 0 Å². The average molecular weight is 273 g/mol. The Morgan fingerprint density at radius 1 is 1.25 bits per heavy atom. The Morgan fingerprint density at radius 2 is 2.15 bits per heavy atom. The van der Waals surface area contributed by atoms with Gasteiger partial charge < -0.3 is 0 Å². The van der Waals surface area contributed by atoms with Gasteiger partial charge in [0.15, 0.2) is 11.5 Å². The second-order valence-electron chi connectivity index (χ2n) is 4.54. The van der Waals surface area contributed by atoms with Crippen molar-refractivity contribution in [2.45, 2.75) is 32.9 Å². The minimum atomic E-state index is -0.189. The normalized spacial score (nSPS) is 11.2. The molecule has 0 spiro atoms.